The Kier molecular flexibility index (Phi) is 4.22. The molecule has 104 valence electrons. The van der Waals surface area contributed by atoms with Gasteiger partial charge in [0.05, 0.1) is 0 Å². The summed E-state index contributed by atoms with van der Waals surface area (Å²) in [6.45, 7) is 1.84. The average molecular weight is 287 g/mol. The molecule has 2 aromatic rings. The van der Waals surface area contributed by atoms with Crippen LogP contribution in [0.3, 0.4) is 0 Å². The lowest BCUT2D eigenvalue weighted by atomic mass is 9.79. The molecule has 0 unspecified atom stereocenters. The van der Waals surface area contributed by atoms with Crippen molar-refractivity contribution < 1.29 is 10.0 Å². The van der Waals surface area contributed by atoms with E-state index in [2.05, 4.69) is 28.5 Å². The topological polar surface area (TPSA) is 43.7 Å². The van der Waals surface area contributed by atoms with E-state index in [1.54, 1.807) is 17.4 Å². The molecule has 0 radical (unpaired) electrons. The smallest absolute Gasteiger partial charge is 0.423 e. The Morgan fingerprint density at radius 2 is 2.00 bits per heavy atom. The van der Waals surface area contributed by atoms with E-state index in [-0.39, 0.29) is 0 Å². The van der Waals surface area contributed by atoms with Crippen molar-refractivity contribution in [3.8, 4) is 0 Å². The Labute approximate surface area is 123 Å². The van der Waals surface area contributed by atoms with Crippen molar-refractivity contribution in [2.24, 2.45) is 0 Å². The highest BCUT2D eigenvalue weighted by molar-refractivity contribution is 7.09. The molecule has 0 bridgehead atoms. The van der Waals surface area contributed by atoms with Crippen molar-refractivity contribution >= 4 is 23.9 Å². The molecule has 1 aromatic carbocycles. The van der Waals surface area contributed by atoms with Crippen LogP contribution in [-0.4, -0.2) is 28.1 Å². The molecule has 1 aromatic heterocycles. The Balaban J connectivity index is 1.71. The summed E-state index contributed by atoms with van der Waals surface area (Å²) in [6, 6.07) is 12.5. The number of nitrogens with zero attached hydrogens (tertiary/aromatic N) is 1. The zero-order valence-corrected chi connectivity index (χ0v) is 12.1. The molecular formula is C15H18BNO2S. The fraction of sp³-hybridized carbons (Fsp3) is 0.333. The molecule has 0 saturated heterocycles. The first-order chi connectivity index (χ1) is 9.72. The maximum atomic E-state index is 9.25. The van der Waals surface area contributed by atoms with E-state index in [4.69, 9.17) is 0 Å². The van der Waals surface area contributed by atoms with Gasteiger partial charge in [-0.15, -0.1) is 11.3 Å². The summed E-state index contributed by atoms with van der Waals surface area (Å²) in [5.41, 5.74) is 1.70. The van der Waals surface area contributed by atoms with Crippen LogP contribution in [0, 0.1) is 0 Å². The van der Waals surface area contributed by atoms with Gasteiger partial charge >= 0.3 is 7.12 Å². The highest BCUT2D eigenvalue weighted by Gasteiger charge is 2.29. The summed E-state index contributed by atoms with van der Waals surface area (Å²) in [5.74, 6) is 0. The number of hydrogen-bond acceptors (Lipinski definition) is 4. The van der Waals surface area contributed by atoms with Gasteiger partial charge in [-0.2, -0.15) is 0 Å². The summed E-state index contributed by atoms with van der Waals surface area (Å²) >= 11 is 1.79. The largest absolute Gasteiger partial charge is 0.488 e. The molecule has 1 saturated carbocycles. The minimum atomic E-state index is -1.39. The van der Waals surface area contributed by atoms with Crippen LogP contribution in [0.25, 0.3) is 0 Å². The van der Waals surface area contributed by atoms with Gasteiger partial charge in [-0.25, -0.2) is 0 Å². The van der Waals surface area contributed by atoms with Crippen molar-refractivity contribution in [3.05, 3.63) is 52.2 Å². The standard InChI is InChI=1S/C15H18BNO2S/c18-16(19)13-4-1-3-12(9-13)10-17(14-6-7-14)11-15-5-2-8-20-15/h1-5,8-9,14,18-19H,6-7,10-11H2. The maximum Gasteiger partial charge on any atom is 0.488 e. The van der Waals surface area contributed by atoms with Gasteiger partial charge in [-0.1, -0.05) is 30.3 Å². The monoisotopic (exact) mass is 287 g/mol. The second kappa shape index (κ2) is 6.10. The SMILES string of the molecule is OB(O)c1cccc(CN(Cc2cccs2)C2CC2)c1. The highest BCUT2D eigenvalue weighted by atomic mass is 32.1. The van der Waals surface area contributed by atoms with E-state index in [0.29, 0.717) is 11.5 Å². The summed E-state index contributed by atoms with van der Waals surface area (Å²) in [6.07, 6.45) is 2.54. The fourth-order valence-electron chi connectivity index (χ4n) is 2.44. The first-order valence-corrected chi connectivity index (χ1v) is 7.82. The van der Waals surface area contributed by atoms with Crippen LogP contribution >= 0.6 is 11.3 Å². The predicted octanol–water partition coefficient (Wildman–Crippen LogP) is 1.59. The van der Waals surface area contributed by atoms with Crippen LogP contribution < -0.4 is 5.46 Å². The van der Waals surface area contributed by atoms with E-state index in [0.717, 1.165) is 18.7 Å². The molecule has 2 N–H and O–H groups in total. The zero-order chi connectivity index (χ0) is 13.9. The molecule has 0 aliphatic heterocycles. The van der Waals surface area contributed by atoms with Crippen molar-refractivity contribution in [2.45, 2.75) is 32.0 Å². The molecule has 1 fully saturated rings. The Morgan fingerprint density at radius 1 is 1.15 bits per heavy atom. The molecule has 5 heteroatoms. The predicted molar refractivity (Wildman–Crippen MR) is 82.9 cm³/mol. The molecule has 3 nitrogen and oxygen atoms in total. The number of benzene rings is 1. The molecule has 3 rings (SSSR count). The van der Waals surface area contributed by atoms with Crippen LogP contribution in [0.1, 0.15) is 23.3 Å². The third kappa shape index (κ3) is 3.49. The second-order valence-corrected chi connectivity index (χ2v) is 6.37. The van der Waals surface area contributed by atoms with Crippen LogP contribution in [0.15, 0.2) is 41.8 Å². The van der Waals surface area contributed by atoms with Gasteiger partial charge in [0.25, 0.3) is 0 Å². The van der Waals surface area contributed by atoms with Gasteiger partial charge in [0.15, 0.2) is 0 Å². The lowest BCUT2D eigenvalue weighted by molar-refractivity contribution is 0.248. The first-order valence-electron chi connectivity index (χ1n) is 6.94. The summed E-state index contributed by atoms with van der Waals surface area (Å²) < 4.78 is 0. The fourth-order valence-corrected chi connectivity index (χ4v) is 3.17. The molecule has 1 heterocycles. The van der Waals surface area contributed by atoms with Gasteiger partial charge in [0, 0.05) is 24.0 Å². The van der Waals surface area contributed by atoms with Gasteiger partial charge in [-0.05, 0) is 35.3 Å². The molecule has 0 amide bonds. The van der Waals surface area contributed by atoms with Gasteiger partial charge in [0.1, 0.15) is 0 Å². The summed E-state index contributed by atoms with van der Waals surface area (Å²) in [7, 11) is -1.39. The Hall–Kier alpha value is -1.14. The normalized spacial score (nSPS) is 14.8. The van der Waals surface area contributed by atoms with Gasteiger partial charge in [-0.3, -0.25) is 4.90 Å². The molecule has 1 aliphatic rings. The third-order valence-corrected chi connectivity index (χ3v) is 4.50. The highest BCUT2D eigenvalue weighted by Crippen LogP contribution is 2.30. The quantitative estimate of drug-likeness (QED) is 0.793. The summed E-state index contributed by atoms with van der Waals surface area (Å²) in [4.78, 5) is 3.87. The van der Waals surface area contributed by atoms with Crippen molar-refractivity contribution in [1.29, 1.82) is 0 Å². The molecule has 0 spiro atoms. The van der Waals surface area contributed by atoms with Gasteiger partial charge in [0.2, 0.25) is 0 Å². The lowest BCUT2D eigenvalue weighted by Crippen LogP contribution is -2.31. The van der Waals surface area contributed by atoms with Crippen molar-refractivity contribution in [3.63, 3.8) is 0 Å². The van der Waals surface area contributed by atoms with Crippen molar-refractivity contribution in [2.75, 3.05) is 0 Å². The molecule has 1 aliphatic carbocycles. The van der Waals surface area contributed by atoms with Crippen LogP contribution in [0.2, 0.25) is 0 Å². The number of hydrogen-bond donors (Lipinski definition) is 2. The number of rotatable bonds is 6. The van der Waals surface area contributed by atoms with Crippen molar-refractivity contribution in [1.82, 2.24) is 4.90 Å². The second-order valence-electron chi connectivity index (χ2n) is 5.33. The maximum absolute atomic E-state index is 9.25. The van der Waals surface area contributed by atoms with E-state index in [9.17, 15) is 10.0 Å². The average Bonchev–Trinajstić information content (AvgIpc) is 3.17. The number of thiophene rings is 1. The first kappa shape index (κ1) is 13.8. The molecular weight excluding hydrogens is 269 g/mol. The molecule has 20 heavy (non-hydrogen) atoms. The minimum Gasteiger partial charge on any atom is -0.423 e. The van der Waals surface area contributed by atoms with Gasteiger partial charge < -0.3 is 10.0 Å². The van der Waals surface area contributed by atoms with Crippen LogP contribution in [0.5, 0.6) is 0 Å². The molecule has 0 atom stereocenters. The third-order valence-electron chi connectivity index (χ3n) is 3.64. The van der Waals surface area contributed by atoms with E-state index >= 15 is 0 Å². The Bertz CT molecular complexity index is 555. The zero-order valence-electron chi connectivity index (χ0n) is 11.3. The Morgan fingerprint density at radius 3 is 2.65 bits per heavy atom. The van der Waals surface area contributed by atoms with Crippen LogP contribution in [0.4, 0.5) is 0 Å². The summed E-state index contributed by atoms with van der Waals surface area (Å²) in [5, 5.41) is 20.6. The minimum absolute atomic E-state index is 0.564. The van der Waals surface area contributed by atoms with E-state index in [1.165, 1.54) is 17.7 Å². The van der Waals surface area contributed by atoms with E-state index < -0.39 is 7.12 Å². The van der Waals surface area contributed by atoms with Crippen LogP contribution in [-0.2, 0) is 13.1 Å². The lowest BCUT2D eigenvalue weighted by Gasteiger charge is -2.21. The van der Waals surface area contributed by atoms with E-state index in [1.807, 2.05) is 12.1 Å².